The molecule has 92 valence electrons. The SMILES string of the molecule is Cc1ccc(C#N)c(OCCc2scnc2C)n1. The highest BCUT2D eigenvalue weighted by molar-refractivity contribution is 7.09. The quantitative estimate of drug-likeness (QED) is 0.847. The zero-order valence-corrected chi connectivity index (χ0v) is 11.1. The summed E-state index contributed by atoms with van der Waals surface area (Å²) in [5.74, 6) is 0.416. The van der Waals surface area contributed by atoms with Gasteiger partial charge in [-0.05, 0) is 26.0 Å². The number of ether oxygens (including phenoxy) is 1. The first kappa shape index (κ1) is 12.5. The van der Waals surface area contributed by atoms with Gasteiger partial charge < -0.3 is 4.74 Å². The third kappa shape index (κ3) is 2.84. The van der Waals surface area contributed by atoms with Crippen LogP contribution in [-0.2, 0) is 6.42 Å². The Bertz CT molecular complexity index is 586. The summed E-state index contributed by atoms with van der Waals surface area (Å²) in [4.78, 5) is 9.62. The molecular formula is C13H13N3OS. The van der Waals surface area contributed by atoms with Gasteiger partial charge in [-0.2, -0.15) is 5.26 Å². The van der Waals surface area contributed by atoms with Crippen molar-refractivity contribution in [2.45, 2.75) is 20.3 Å². The molecule has 0 N–H and O–H groups in total. The van der Waals surface area contributed by atoms with Crippen molar-refractivity contribution in [2.24, 2.45) is 0 Å². The van der Waals surface area contributed by atoms with Gasteiger partial charge in [0.25, 0.3) is 0 Å². The molecular weight excluding hydrogens is 246 g/mol. The van der Waals surface area contributed by atoms with E-state index < -0.39 is 0 Å². The van der Waals surface area contributed by atoms with Gasteiger partial charge in [-0.1, -0.05) is 0 Å². The van der Waals surface area contributed by atoms with E-state index in [9.17, 15) is 0 Å². The highest BCUT2D eigenvalue weighted by Gasteiger charge is 2.06. The third-order valence-corrected chi connectivity index (χ3v) is 3.53. The topological polar surface area (TPSA) is 58.8 Å². The monoisotopic (exact) mass is 259 g/mol. The number of nitrogens with zero attached hydrogens (tertiary/aromatic N) is 3. The number of rotatable bonds is 4. The van der Waals surface area contributed by atoms with E-state index in [-0.39, 0.29) is 0 Å². The average Bonchev–Trinajstić information content (AvgIpc) is 2.76. The summed E-state index contributed by atoms with van der Waals surface area (Å²) in [7, 11) is 0. The molecule has 0 aliphatic heterocycles. The van der Waals surface area contributed by atoms with E-state index in [1.54, 1.807) is 23.5 Å². The van der Waals surface area contributed by atoms with Gasteiger partial charge in [0.1, 0.15) is 11.6 Å². The molecule has 4 nitrogen and oxygen atoms in total. The fourth-order valence-corrected chi connectivity index (χ4v) is 2.30. The standard InChI is InChI=1S/C13H13N3OS/c1-9-3-4-11(7-14)13(16-9)17-6-5-12-10(2)15-8-18-12/h3-4,8H,5-6H2,1-2H3. The van der Waals surface area contributed by atoms with Crippen molar-refractivity contribution in [3.8, 4) is 11.9 Å². The Morgan fingerprint density at radius 2 is 2.22 bits per heavy atom. The summed E-state index contributed by atoms with van der Waals surface area (Å²) >= 11 is 1.62. The van der Waals surface area contributed by atoms with Crippen LogP contribution in [-0.4, -0.2) is 16.6 Å². The molecule has 0 fully saturated rings. The Labute approximate surface area is 110 Å². The number of hydrogen-bond donors (Lipinski definition) is 0. The van der Waals surface area contributed by atoms with Crippen LogP contribution in [0.15, 0.2) is 17.6 Å². The number of hydrogen-bond acceptors (Lipinski definition) is 5. The maximum atomic E-state index is 8.96. The van der Waals surface area contributed by atoms with Crippen LogP contribution >= 0.6 is 11.3 Å². The molecule has 0 saturated heterocycles. The lowest BCUT2D eigenvalue weighted by atomic mass is 10.2. The molecule has 0 unspecified atom stereocenters. The van der Waals surface area contributed by atoms with Gasteiger partial charge in [-0.3, -0.25) is 0 Å². The van der Waals surface area contributed by atoms with Crippen LogP contribution < -0.4 is 4.74 Å². The molecule has 2 aromatic heterocycles. The van der Waals surface area contributed by atoms with Crippen molar-refractivity contribution in [2.75, 3.05) is 6.61 Å². The molecule has 2 rings (SSSR count). The summed E-state index contributed by atoms with van der Waals surface area (Å²) in [6.45, 7) is 4.37. The van der Waals surface area contributed by atoms with E-state index in [1.807, 2.05) is 19.4 Å². The first-order chi connectivity index (χ1) is 8.70. The van der Waals surface area contributed by atoms with Crippen molar-refractivity contribution < 1.29 is 4.74 Å². The minimum Gasteiger partial charge on any atom is -0.476 e. The normalized spacial score (nSPS) is 10.1. The van der Waals surface area contributed by atoms with Crippen molar-refractivity contribution in [3.63, 3.8) is 0 Å². The molecule has 0 spiro atoms. The zero-order valence-electron chi connectivity index (χ0n) is 10.3. The molecule has 0 radical (unpaired) electrons. The van der Waals surface area contributed by atoms with Gasteiger partial charge in [-0.25, -0.2) is 9.97 Å². The van der Waals surface area contributed by atoms with Crippen LogP contribution in [0.2, 0.25) is 0 Å². The molecule has 0 aromatic carbocycles. The lowest BCUT2D eigenvalue weighted by Crippen LogP contribution is -2.04. The molecule has 2 heterocycles. The highest BCUT2D eigenvalue weighted by Crippen LogP contribution is 2.17. The Kier molecular flexibility index (Phi) is 3.90. The predicted octanol–water partition coefficient (Wildman–Crippen LogP) is 2.65. The smallest absolute Gasteiger partial charge is 0.231 e. The summed E-state index contributed by atoms with van der Waals surface area (Å²) in [6, 6.07) is 5.62. The van der Waals surface area contributed by atoms with Crippen molar-refractivity contribution in [1.82, 2.24) is 9.97 Å². The van der Waals surface area contributed by atoms with Crippen LogP contribution in [0.25, 0.3) is 0 Å². The first-order valence-electron chi connectivity index (χ1n) is 5.60. The number of aryl methyl sites for hydroxylation is 2. The minimum atomic E-state index is 0.416. The second-order valence-corrected chi connectivity index (χ2v) is 4.82. The summed E-state index contributed by atoms with van der Waals surface area (Å²) in [5, 5.41) is 8.96. The van der Waals surface area contributed by atoms with Gasteiger partial charge in [0.05, 0.1) is 17.8 Å². The van der Waals surface area contributed by atoms with Crippen molar-refractivity contribution >= 4 is 11.3 Å². The molecule has 0 bridgehead atoms. The van der Waals surface area contributed by atoms with Gasteiger partial charge in [-0.15, -0.1) is 11.3 Å². The third-order valence-electron chi connectivity index (χ3n) is 2.53. The first-order valence-corrected chi connectivity index (χ1v) is 6.48. The second-order valence-electron chi connectivity index (χ2n) is 3.88. The average molecular weight is 259 g/mol. The van der Waals surface area contributed by atoms with Crippen LogP contribution in [0.3, 0.4) is 0 Å². The molecule has 2 aromatic rings. The lowest BCUT2D eigenvalue weighted by molar-refractivity contribution is 0.308. The fourth-order valence-electron chi connectivity index (χ4n) is 1.53. The zero-order chi connectivity index (χ0) is 13.0. The Balaban J connectivity index is 2.00. The molecule has 0 aliphatic carbocycles. The predicted molar refractivity (Wildman–Crippen MR) is 69.7 cm³/mol. The van der Waals surface area contributed by atoms with E-state index in [1.165, 1.54) is 4.88 Å². The fraction of sp³-hybridized carbons (Fsp3) is 0.308. The van der Waals surface area contributed by atoms with E-state index in [2.05, 4.69) is 16.0 Å². The maximum absolute atomic E-state index is 8.96. The molecule has 18 heavy (non-hydrogen) atoms. The van der Waals surface area contributed by atoms with Crippen LogP contribution in [0.5, 0.6) is 5.88 Å². The number of aromatic nitrogens is 2. The van der Waals surface area contributed by atoms with Gasteiger partial charge in [0, 0.05) is 17.0 Å². The van der Waals surface area contributed by atoms with E-state index in [0.29, 0.717) is 18.1 Å². The van der Waals surface area contributed by atoms with Gasteiger partial charge >= 0.3 is 0 Å². The molecule has 0 amide bonds. The van der Waals surface area contributed by atoms with Gasteiger partial charge in [0.15, 0.2) is 0 Å². The molecule has 5 heteroatoms. The molecule has 0 atom stereocenters. The van der Waals surface area contributed by atoms with Crippen LogP contribution in [0.4, 0.5) is 0 Å². The second kappa shape index (κ2) is 5.61. The lowest BCUT2D eigenvalue weighted by Gasteiger charge is -2.06. The van der Waals surface area contributed by atoms with Crippen LogP contribution in [0.1, 0.15) is 21.8 Å². The largest absolute Gasteiger partial charge is 0.476 e. The van der Waals surface area contributed by atoms with E-state index in [4.69, 9.17) is 10.00 Å². The number of thiazole rings is 1. The molecule has 0 saturated carbocycles. The summed E-state index contributed by atoms with van der Waals surface area (Å²) < 4.78 is 5.58. The van der Waals surface area contributed by atoms with Crippen LogP contribution in [0, 0.1) is 25.2 Å². The maximum Gasteiger partial charge on any atom is 0.231 e. The van der Waals surface area contributed by atoms with E-state index in [0.717, 1.165) is 17.8 Å². The Morgan fingerprint density at radius 1 is 1.39 bits per heavy atom. The highest BCUT2D eigenvalue weighted by atomic mass is 32.1. The van der Waals surface area contributed by atoms with E-state index >= 15 is 0 Å². The number of pyridine rings is 1. The number of nitriles is 1. The van der Waals surface area contributed by atoms with Crippen molar-refractivity contribution in [3.05, 3.63) is 39.5 Å². The molecule has 0 aliphatic rings. The minimum absolute atomic E-state index is 0.416. The Hall–Kier alpha value is -1.93. The Morgan fingerprint density at radius 3 is 2.89 bits per heavy atom. The van der Waals surface area contributed by atoms with Gasteiger partial charge in [0.2, 0.25) is 5.88 Å². The summed E-state index contributed by atoms with van der Waals surface area (Å²) in [5.41, 5.74) is 4.19. The summed E-state index contributed by atoms with van der Waals surface area (Å²) in [6.07, 6.45) is 0.789. The van der Waals surface area contributed by atoms with Crippen molar-refractivity contribution in [1.29, 1.82) is 5.26 Å².